The number of para-hydroxylation sites is 1. The molecule has 2 N–H and O–H groups in total. The van der Waals surface area contributed by atoms with Crippen molar-refractivity contribution in [2.75, 3.05) is 17.2 Å². The minimum atomic E-state index is -0.485. The van der Waals surface area contributed by atoms with Crippen LogP contribution in [0.4, 0.5) is 11.4 Å². The smallest absolute Gasteiger partial charge is 0.266 e. The van der Waals surface area contributed by atoms with Crippen LogP contribution in [0.2, 0.25) is 5.02 Å². The number of nitrogens with one attached hydrogen (secondary N) is 2. The van der Waals surface area contributed by atoms with Crippen LogP contribution in [-0.2, 0) is 9.59 Å². The van der Waals surface area contributed by atoms with E-state index in [-0.39, 0.29) is 18.1 Å². The Morgan fingerprint density at radius 1 is 1.00 bits per heavy atom. The fourth-order valence-electron chi connectivity index (χ4n) is 2.76. The SMILES string of the molecule is Cc1ccccc1NC(=O)/C(C#N)=C/c1ccc(OCC(=O)Nc2ccc(Cl)cc2)cc1. The van der Waals surface area contributed by atoms with Crippen molar-refractivity contribution in [3.05, 3.63) is 94.5 Å². The molecule has 0 radical (unpaired) electrons. The molecule has 0 aliphatic heterocycles. The van der Waals surface area contributed by atoms with Gasteiger partial charge < -0.3 is 15.4 Å². The van der Waals surface area contributed by atoms with Gasteiger partial charge in [-0.05, 0) is 66.6 Å². The van der Waals surface area contributed by atoms with Gasteiger partial charge in [-0.2, -0.15) is 5.26 Å². The summed E-state index contributed by atoms with van der Waals surface area (Å²) in [5.41, 5.74) is 2.80. The van der Waals surface area contributed by atoms with E-state index in [0.29, 0.717) is 27.7 Å². The van der Waals surface area contributed by atoms with Crippen molar-refractivity contribution in [2.24, 2.45) is 0 Å². The maximum Gasteiger partial charge on any atom is 0.266 e. The quantitative estimate of drug-likeness (QED) is 0.385. The lowest BCUT2D eigenvalue weighted by Crippen LogP contribution is -2.20. The highest BCUT2D eigenvalue weighted by atomic mass is 35.5. The normalized spacial score (nSPS) is 10.7. The Hall–Kier alpha value is -4.08. The summed E-state index contributed by atoms with van der Waals surface area (Å²) < 4.78 is 5.49. The number of benzene rings is 3. The van der Waals surface area contributed by atoms with E-state index in [4.69, 9.17) is 16.3 Å². The first-order chi connectivity index (χ1) is 15.4. The van der Waals surface area contributed by atoms with E-state index < -0.39 is 5.91 Å². The number of nitriles is 1. The standard InChI is InChI=1S/C25H20ClN3O3/c1-17-4-2-3-5-23(17)29-25(31)19(15-27)14-18-6-12-22(13-7-18)32-16-24(30)28-21-10-8-20(26)9-11-21/h2-14H,16H2,1H3,(H,28,30)(H,29,31)/b19-14+. The van der Waals surface area contributed by atoms with Crippen LogP contribution in [-0.4, -0.2) is 18.4 Å². The van der Waals surface area contributed by atoms with E-state index in [0.717, 1.165) is 5.56 Å². The van der Waals surface area contributed by atoms with Gasteiger partial charge in [0, 0.05) is 16.4 Å². The van der Waals surface area contributed by atoms with Crippen molar-refractivity contribution in [1.82, 2.24) is 0 Å². The Labute approximate surface area is 191 Å². The van der Waals surface area contributed by atoms with Crippen LogP contribution in [0, 0.1) is 18.3 Å². The van der Waals surface area contributed by atoms with E-state index in [1.54, 1.807) is 54.6 Å². The number of rotatable bonds is 7. The number of hydrogen-bond donors (Lipinski definition) is 2. The summed E-state index contributed by atoms with van der Waals surface area (Å²) >= 11 is 5.82. The van der Waals surface area contributed by atoms with Gasteiger partial charge in [-0.15, -0.1) is 0 Å². The number of ether oxygens (including phenoxy) is 1. The maximum absolute atomic E-state index is 12.4. The number of nitrogens with zero attached hydrogens (tertiary/aromatic N) is 1. The molecule has 0 fully saturated rings. The van der Waals surface area contributed by atoms with Crippen LogP contribution in [0.5, 0.6) is 5.75 Å². The molecule has 3 rings (SSSR count). The molecule has 0 saturated heterocycles. The summed E-state index contributed by atoms with van der Waals surface area (Å²) in [5, 5.41) is 15.4. The minimum Gasteiger partial charge on any atom is -0.484 e. The zero-order valence-electron chi connectivity index (χ0n) is 17.3. The van der Waals surface area contributed by atoms with Crippen LogP contribution >= 0.6 is 11.6 Å². The molecule has 160 valence electrons. The largest absolute Gasteiger partial charge is 0.484 e. The molecule has 0 aromatic heterocycles. The summed E-state index contributed by atoms with van der Waals surface area (Å²) in [7, 11) is 0. The molecule has 7 heteroatoms. The Morgan fingerprint density at radius 3 is 2.34 bits per heavy atom. The van der Waals surface area contributed by atoms with Crippen LogP contribution in [0.1, 0.15) is 11.1 Å². The lowest BCUT2D eigenvalue weighted by Gasteiger charge is -2.08. The molecule has 0 heterocycles. The van der Waals surface area contributed by atoms with E-state index in [1.165, 1.54) is 6.08 Å². The first-order valence-electron chi connectivity index (χ1n) is 9.71. The summed E-state index contributed by atoms with van der Waals surface area (Å²) in [4.78, 5) is 24.4. The van der Waals surface area contributed by atoms with Crippen LogP contribution < -0.4 is 15.4 Å². The Balaban J connectivity index is 1.57. The summed E-state index contributed by atoms with van der Waals surface area (Å²) in [5.74, 6) is -0.312. The first-order valence-corrected chi connectivity index (χ1v) is 10.1. The van der Waals surface area contributed by atoms with Crippen LogP contribution in [0.25, 0.3) is 6.08 Å². The second-order valence-corrected chi connectivity index (χ2v) is 7.29. The molecule has 0 aliphatic carbocycles. The Kier molecular flexibility index (Phi) is 7.63. The van der Waals surface area contributed by atoms with Crippen LogP contribution in [0.15, 0.2) is 78.4 Å². The maximum atomic E-state index is 12.4. The van der Waals surface area contributed by atoms with Gasteiger partial charge in [0.2, 0.25) is 0 Å². The van der Waals surface area contributed by atoms with Gasteiger partial charge in [0.25, 0.3) is 11.8 Å². The average Bonchev–Trinajstić information content (AvgIpc) is 2.80. The molecule has 0 aliphatic rings. The van der Waals surface area contributed by atoms with Crippen LogP contribution in [0.3, 0.4) is 0 Å². The third-order valence-electron chi connectivity index (χ3n) is 4.45. The van der Waals surface area contributed by atoms with Crippen molar-refractivity contribution >= 4 is 40.9 Å². The highest BCUT2D eigenvalue weighted by Crippen LogP contribution is 2.18. The molecular weight excluding hydrogens is 426 g/mol. The summed E-state index contributed by atoms with van der Waals surface area (Å²) in [6.45, 7) is 1.71. The fraction of sp³-hybridized carbons (Fsp3) is 0.0800. The van der Waals surface area contributed by atoms with E-state index in [9.17, 15) is 14.9 Å². The molecule has 0 saturated carbocycles. The molecule has 3 aromatic rings. The van der Waals surface area contributed by atoms with Crippen molar-refractivity contribution in [1.29, 1.82) is 5.26 Å². The molecule has 32 heavy (non-hydrogen) atoms. The van der Waals surface area contributed by atoms with E-state index >= 15 is 0 Å². The monoisotopic (exact) mass is 445 g/mol. The van der Waals surface area contributed by atoms with Crippen molar-refractivity contribution < 1.29 is 14.3 Å². The predicted molar refractivity (Wildman–Crippen MR) is 125 cm³/mol. The minimum absolute atomic E-state index is 0.0238. The highest BCUT2D eigenvalue weighted by Gasteiger charge is 2.11. The van der Waals surface area contributed by atoms with Gasteiger partial charge in [0.05, 0.1) is 0 Å². The van der Waals surface area contributed by atoms with Gasteiger partial charge in [-0.25, -0.2) is 0 Å². The Bertz CT molecular complexity index is 1180. The molecule has 3 aromatic carbocycles. The predicted octanol–water partition coefficient (Wildman–Crippen LogP) is 5.21. The van der Waals surface area contributed by atoms with E-state index in [1.807, 2.05) is 31.2 Å². The number of amides is 2. The number of anilines is 2. The Morgan fingerprint density at radius 2 is 1.69 bits per heavy atom. The molecule has 0 spiro atoms. The molecule has 6 nitrogen and oxygen atoms in total. The number of hydrogen-bond acceptors (Lipinski definition) is 4. The summed E-state index contributed by atoms with van der Waals surface area (Å²) in [6.07, 6.45) is 1.49. The number of carbonyl (C=O) groups excluding carboxylic acids is 2. The van der Waals surface area contributed by atoms with Gasteiger partial charge >= 0.3 is 0 Å². The zero-order chi connectivity index (χ0) is 22.9. The number of aryl methyl sites for hydroxylation is 1. The molecule has 0 bridgehead atoms. The highest BCUT2D eigenvalue weighted by molar-refractivity contribution is 6.30. The fourth-order valence-corrected chi connectivity index (χ4v) is 2.88. The third-order valence-corrected chi connectivity index (χ3v) is 4.70. The van der Waals surface area contributed by atoms with Gasteiger partial charge in [-0.1, -0.05) is 41.9 Å². The van der Waals surface area contributed by atoms with Gasteiger partial charge in [0.15, 0.2) is 6.61 Å². The average molecular weight is 446 g/mol. The van der Waals surface area contributed by atoms with Gasteiger partial charge in [-0.3, -0.25) is 9.59 Å². The molecule has 0 unspecified atom stereocenters. The first kappa shape index (κ1) is 22.6. The summed E-state index contributed by atoms with van der Waals surface area (Å²) in [6, 6.07) is 22.7. The van der Waals surface area contributed by atoms with Crippen molar-refractivity contribution in [2.45, 2.75) is 6.92 Å². The second kappa shape index (κ2) is 10.8. The van der Waals surface area contributed by atoms with E-state index in [2.05, 4.69) is 10.6 Å². The number of halogens is 1. The third kappa shape index (κ3) is 6.46. The molecular formula is C25H20ClN3O3. The topological polar surface area (TPSA) is 91.2 Å². The zero-order valence-corrected chi connectivity index (χ0v) is 18.0. The van der Waals surface area contributed by atoms with Gasteiger partial charge in [0.1, 0.15) is 17.4 Å². The second-order valence-electron chi connectivity index (χ2n) is 6.85. The molecule has 0 atom stereocenters. The van der Waals surface area contributed by atoms with Crippen molar-refractivity contribution in [3.8, 4) is 11.8 Å². The van der Waals surface area contributed by atoms with Crippen molar-refractivity contribution in [3.63, 3.8) is 0 Å². The lowest BCUT2D eigenvalue weighted by molar-refractivity contribution is -0.118. The number of carbonyl (C=O) groups is 2. The molecule has 2 amide bonds. The lowest BCUT2D eigenvalue weighted by atomic mass is 10.1.